The van der Waals surface area contributed by atoms with Gasteiger partial charge in [-0.2, -0.15) is 0 Å². The van der Waals surface area contributed by atoms with Crippen molar-refractivity contribution in [1.29, 1.82) is 0 Å². The molecule has 6 rings (SSSR count). The lowest BCUT2D eigenvalue weighted by Crippen LogP contribution is -2.42. The number of benzene rings is 4. The molecule has 2 nitrogen and oxygen atoms in total. The SMILES string of the molecule is CC1(C)c2cc(Br)c(Nc3cccc4c5ccccc5n(-c5ccccc5)c34)cc2C(C)(C)C1(C)C. The molecule has 0 unspecified atom stereocenters. The van der Waals surface area contributed by atoms with Crippen LogP contribution in [0.2, 0.25) is 0 Å². The van der Waals surface area contributed by atoms with E-state index in [0.29, 0.717) is 0 Å². The van der Waals surface area contributed by atoms with Crippen molar-refractivity contribution in [3.05, 3.63) is 101 Å². The van der Waals surface area contributed by atoms with Gasteiger partial charge in [0.2, 0.25) is 0 Å². The van der Waals surface area contributed by atoms with E-state index in [-0.39, 0.29) is 16.2 Å². The molecule has 5 aromatic rings. The number of para-hydroxylation sites is 3. The molecular weight excluding hydrogens is 504 g/mol. The van der Waals surface area contributed by atoms with Gasteiger partial charge in [-0.25, -0.2) is 0 Å². The molecule has 0 atom stereocenters. The maximum absolute atomic E-state index is 3.93. The van der Waals surface area contributed by atoms with Gasteiger partial charge in [-0.15, -0.1) is 0 Å². The predicted molar refractivity (Wildman–Crippen MR) is 158 cm³/mol. The number of hydrogen-bond acceptors (Lipinski definition) is 1. The number of nitrogens with one attached hydrogen (secondary N) is 1. The molecule has 0 aliphatic heterocycles. The molecule has 1 heterocycles. The zero-order valence-corrected chi connectivity index (χ0v) is 23.5. The monoisotopic (exact) mass is 536 g/mol. The summed E-state index contributed by atoms with van der Waals surface area (Å²) in [6, 6.07) is 30.6. The summed E-state index contributed by atoms with van der Waals surface area (Å²) in [4.78, 5) is 0. The number of anilines is 2. The summed E-state index contributed by atoms with van der Waals surface area (Å²) >= 11 is 3.93. The average Bonchev–Trinajstić information content (AvgIpc) is 3.24. The second kappa shape index (κ2) is 7.73. The number of fused-ring (bicyclic) bond motifs is 4. The summed E-state index contributed by atoms with van der Waals surface area (Å²) in [5.74, 6) is 0. The highest BCUT2D eigenvalue weighted by atomic mass is 79.9. The van der Waals surface area contributed by atoms with Crippen molar-refractivity contribution in [2.24, 2.45) is 5.41 Å². The first-order valence-corrected chi connectivity index (χ1v) is 13.5. The number of nitrogens with zero attached hydrogens (tertiary/aromatic N) is 1. The van der Waals surface area contributed by atoms with Gasteiger partial charge in [-0.3, -0.25) is 0 Å². The van der Waals surface area contributed by atoms with Crippen LogP contribution < -0.4 is 5.32 Å². The van der Waals surface area contributed by atoms with Crippen LogP contribution in [0.5, 0.6) is 0 Å². The van der Waals surface area contributed by atoms with Gasteiger partial charge in [0.1, 0.15) is 0 Å². The lowest BCUT2D eigenvalue weighted by Gasteiger charge is -2.44. The van der Waals surface area contributed by atoms with Crippen molar-refractivity contribution < 1.29 is 0 Å². The van der Waals surface area contributed by atoms with Crippen LogP contribution in [-0.2, 0) is 10.8 Å². The Labute approximate surface area is 222 Å². The van der Waals surface area contributed by atoms with Crippen LogP contribution in [0.4, 0.5) is 11.4 Å². The molecule has 36 heavy (non-hydrogen) atoms. The molecule has 0 amide bonds. The third-order valence-electron chi connectivity index (χ3n) is 9.56. The van der Waals surface area contributed by atoms with Gasteiger partial charge >= 0.3 is 0 Å². The molecule has 0 saturated carbocycles. The number of rotatable bonds is 3. The zero-order valence-electron chi connectivity index (χ0n) is 21.9. The van der Waals surface area contributed by atoms with E-state index in [9.17, 15) is 0 Å². The molecule has 0 fully saturated rings. The van der Waals surface area contributed by atoms with E-state index >= 15 is 0 Å². The van der Waals surface area contributed by atoms with E-state index in [1.165, 1.54) is 32.9 Å². The van der Waals surface area contributed by atoms with Crippen molar-refractivity contribution in [2.75, 3.05) is 5.32 Å². The summed E-state index contributed by atoms with van der Waals surface area (Å²) in [7, 11) is 0. The normalized spacial score (nSPS) is 17.4. The summed E-state index contributed by atoms with van der Waals surface area (Å²) in [6.07, 6.45) is 0. The first kappa shape index (κ1) is 23.4. The third kappa shape index (κ3) is 3.02. The van der Waals surface area contributed by atoms with Crippen molar-refractivity contribution in [2.45, 2.75) is 52.4 Å². The minimum atomic E-state index is 0.0495. The Balaban J connectivity index is 1.58. The fourth-order valence-electron chi connectivity index (χ4n) is 6.27. The van der Waals surface area contributed by atoms with Gasteiger partial charge in [-0.05, 0) is 79.7 Å². The van der Waals surface area contributed by atoms with Crippen LogP contribution in [0.1, 0.15) is 52.7 Å². The van der Waals surface area contributed by atoms with Gasteiger partial charge in [0.15, 0.2) is 0 Å². The first-order chi connectivity index (χ1) is 17.1. The van der Waals surface area contributed by atoms with E-state index in [1.807, 2.05) is 0 Å². The largest absolute Gasteiger partial charge is 0.353 e. The minimum absolute atomic E-state index is 0.0495. The molecule has 0 saturated heterocycles. The standard InChI is InChI=1S/C33H33BrN2/c1-31(2)24-19-26(34)28(20-25(24)32(3,4)33(31,5)6)35-27-17-12-16-23-22-15-10-11-18-29(22)36(30(23)27)21-13-8-7-9-14-21/h7-20,35H,1-6H3. The Morgan fingerprint density at radius 2 is 1.25 bits per heavy atom. The zero-order chi connectivity index (χ0) is 25.5. The molecular formula is C33H33BrN2. The van der Waals surface area contributed by atoms with Crippen LogP contribution in [0.25, 0.3) is 27.5 Å². The Morgan fingerprint density at radius 1 is 0.639 bits per heavy atom. The fraction of sp³-hybridized carbons (Fsp3) is 0.273. The maximum Gasteiger partial charge on any atom is 0.0776 e. The van der Waals surface area contributed by atoms with Gasteiger partial charge in [-0.1, -0.05) is 90.1 Å². The lowest BCUT2D eigenvalue weighted by atomic mass is 9.59. The van der Waals surface area contributed by atoms with Crippen molar-refractivity contribution >= 4 is 49.1 Å². The number of aromatic nitrogens is 1. The Bertz CT molecular complexity index is 1640. The van der Waals surface area contributed by atoms with Crippen LogP contribution in [-0.4, -0.2) is 4.57 Å². The maximum atomic E-state index is 3.93. The molecule has 3 heteroatoms. The molecule has 1 aromatic heterocycles. The molecule has 0 radical (unpaired) electrons. The molecule has 4 aromatic carbocycles. The topological polar surface area (TPSA) is 17.0 Å². The summed E-state index contributed by atoms with van der Waals surface area (Å²) in [5.41, 5.74) is 8.89. The molecule has 1 aliphatic rings. The smallest absolute Gasteiger partial charge is 0.0776 e. The average molecular weight is 538 g/mol. The first-order valence-electron chi connectivity index (χ1n) is 12.7. The highest BCUT2D eigenvalue weighted by Gasteiger charge is 2.56. The summed E-state index contributed by atoms with van der Waals surface area (Å²) in [6.45, 7) is 14.4. The van der Waals surface area contributed by atoms with Gasteiger partial charge in [0.25, 0.3) is 0 Å². The highest BCUT2D eigenvalue weighted by Crippen LogP contribution is 2.62. The van der Waals surface area contributed by atoms with Crippen LogP contribution in [0.15, 0.2) is 89.4 Å². The molecule has 1 aliphatic carbocycles. The second-order valence-corrected chi connectivity index (χ2v) is 12.6. The quantitative estimate of drug-likeness (QED) is 0.242. The highest BCUT2D eigenvalue weighted by molar-refractivity contribution is 9.10. The van der Waals surface area contributed by atoms with Crippen LogP contribution in [0.3, 0.4) is 0 Å². The Kier molecular flexibility index (Phi) is 5.02. The van der Waals surface area contributed by atoms with Crippen LogP contribution >= 0.6 is 15.9 Å². The van der Waals surface area contributed by atoms with Gasteiger partial charge < -0.3 is 9.88 Å². The fourth-order valence-corrected chi connectivity index (χ4v) is 6.71. The van der Waals surface area contributed by atoms with Gasteiger partial charge in [0.05, 0.1) is 22.4 Å². The molecule has 0 spiro atoms. The Morgan fingerprint density at radius 3 is 1.97 bits per heavy atom. The minimum Gasteiger partial charge on any atom is -0.353 e. The van der Waals surface area contributed by atoms with Crippen molar-refractivity contribution in [3.8, 4) is 5.69 Å². The van der Waals surface area contributed by atoms with Crippen molar-refractivity contribution in [3.63, 3.8) is 0 Å². The van der Waals surface area contributed by atoms with E-state index in [2.05, 4.69) is 152 Å². The number of halogens is 1. The van der Waals surface area contributed by atoms with E-state index in [1.54, 1.807) is 0 Å². The number of hydrogen-bond donors (Lipinski definition) is 1. The predicted octanol–water partition coefficient (Wildman–Crippen LogP) is 9.88. The van der Waals surface area contributed by atoms with Crippen molar-refractivity contribution in [1.82, 2.24) is 4.57 Å². The summed E-state index contributed by atoms with van der Waals surface area (Å²) < 4.78 is 3.48. The van der Waals surface area contributed by atoms with E-state index in [0.717, 1.165) is 21.5 Å². The molecule has 182 valence electrons. The summed E-state index contributed by atoms with van der Waals surface area (Å²) in [5, 5.41) is 6.35. The third-order valence-corrected chi connectivity index (χ3v) is 10.2. The molecule has 0 bridgehead atoms. The van der Waals surface area contributed by atoms with E-state index in [4.69, 9.17) is 0 Å². The Hall–Kier alpha value is -3.04. The lowest BCUT2D eigenvalue weighted by molar-refractivity contribution is 0.125. The van der Waals surface area contributed by atoms with Gasteiger partial charge in [0, 0.05) is 20.9 Å². The van der Waals surface area contributed by atoms with Crippen LogP contribution in [0, 0.1) is 5.41 Å². The second-order valence-electron chi connectivity index (χ2n) is 11.8. The van der Waals surface area contributed by atoms with E-state index < -0.39 is 0 Å². The molecule has 1 N–H and O–H groups in total.